The summed E-state index contributed by atoms with van der Waals surface area (Å²) in [5.74, 6) is -1.16. The lowest BCUT2D eigenvalue weighted by Gasteiger charge is -2.11. The summed E-state index contributed by atoms with van der Waals surface area (Å²) < 4.78 is 54.7. The van der Waals surface area contributed by atoms with E-state index < -0.39 is 23.6 Å². The summed E-state index contributed by atoms with van der Waals surface area (Å²) in [6, 6.07) is 5.61. The van der Waals surface area contributed by atoms with E-state index in [-0.39, 0.29) is 33.7 Å². The van der Waals surface area contributed by atoms with Gasteiger partial charge in [0, 0.05) is 11.6 Å². The van der Waals surface area contributed by atoms with Crippen LogP contribution in [0.4, 0.5) is 17.6 Å². The van der Waals surface area contributed by atoms with E-state index in [1.807, 2.05) is 0 Å². The number of aromatic nitrogens is 3. The summed E-state index contributed by atoms with van der Waals surface area (Å²) in [7, 11) is 0. The molecule has 152 valence electrons. The largest absolute Gasteiger partial charge is 0.433 e. The van der Waals surface area contributed by atoms with Gasteiger partial charge < -0.3 is 5.32 Å². The van der Waals surface area contributed by atoms with Crippen molar-refractivity contribution in [3.63, 3.8) is 0 Å². The monoisotopic (exact) mass is 426 g/mol. The van der Waals surface area contributed by atoms with E-state index in [0.29, 0.717) is 4.52 Å². The van der Waals surface area contributed by atoms with Gasteiger partial charge in [-0.2, -0.15) is 18.3 Å². The Balaban J connectivity index is 1.83. The predicted octanol–water partition coefficient (Wildman–Crippen LogP) is 4.88. The van der Waals surface area contributed by atoms with Crippen LogP contribution in [-0.2, 0) is 6.18 Å². The van der Waals surface area contributed by atoms with E-state index >= 15 is 0 Å². The molecule has 4 rings (SSSR count). The standard InChI is InChI=1S/C19H15ClF4N4O/c20-15-16(18(29)25-12-3-1-2-4-12)27-28-14(19(22,23)24)9-13(26-17(15)28)10-5-7-11(21)8-6-10/h5-9,12H,1-4H2,(H,25,29). The van der Waals surface area contributed by atoms with Gasteiger partial charge in [-0.05, 0) is 43.2 Å². The van der Waals surface area contributed by atoms with Gasteiger partial charge in [-0.15, -0.1) is 0 Å². The third-order valence-corrected chi connectivity index (χ3v) is 5.22. The molecule has 1 amide bonds. The molecule has 10 heteroatoms. The molecule has 0 radical (unpaired) electrons. The Kier molecular flexibility index (Phi) is 4.94. The SMILES string of the molecule is O=C(NC1CCCC1)c1nn2c(C(F)(F)F)cc(-c3ccc(F)cc3)nc2c1Cl. The number of hydrogen-bond acceptors (Lipinski definition) is 3. The molecule has 0 aliphatic heterocycles. The second-order valence-corrected chi connectivity index (χ2v) is 7.26. The van der Waals surface area contributed by atoms with Crippen LogP contribution in [0, 0.1) is 5.82 Å². The van der Waals surface area contributed by atoms with Crippen LogP contribution in [0.15, 0.2) is 30.3 Å². The van der Waals surface area contributed by atoms with Gasteiger partial charge in [0.1, 0.15) is 10.8 Å². The molecule has 1 aliphatic carbocycles. The summed E-state index contributed by atoms with van der Waals surface area (Å²) >= 11 is 6.21. The molecule has 2 heterocycles. The fourth-order valence-corrected chi connectivity index (χ4v) is 3.68. The van der Waals surface area contributed by atoms with Crippen LogP contribution in [0.3, 0.4) is 0 Å². The molecule has 1 aromatic carbocycles. The number of halogens is 5. The highest BCUT2D eigenvalue weighted by Gasteiger charge is 2.37. The van der Waals surface area contributed by atoms with Gasteiger partial charge in [0.2, 0.25) is 0 Å². The average molecular weight is 427 g/mol. The summed E-state index contributed by atoms with van der Waals surface area (Å²) in [5, 5.41) is 6.29. The number of fused-ring (bicyclic) bond motifs is 1. The molecule has 0 saturated heterocycles. The highest BCUT2D eigenvalue weighted by molar-refractivity contribution is 6.36. The molecule has 0 spiro atoms. The van der Waals surface area contributed by atoms with Crippen molar-refractivity contribution in [1.29, 1.82) is 0 Å². The molecule has 1 N–H and O–H groups in total. The number of rotatable bonds is 3. The Morgan fingerprint density at radius 3 is 2.45 bits per heavy atom. The molecule has 5 nitrogen and oxygen atoms in total. The van der Waals surface area contributed by atoms with Crippen molar-refractivity contribution >= 4 is 23.2 Å². The zero-order chi connectivity index (χ0) is 20.8. The topological polar surface area (TPSA) is 59.3 Å². The normalized spacial score (nSPS) is 15.2. The average Bonchev–Trinajstić information content (AvgIpc) is 3.29. The lowest BCUT2D eigenvalue weighted by Crippen LogP contribution is -2.33. The summed E-state index contributed by atoms with van der Waals surface area (Å²) in [6.07, 6.45) is -1.21. The first kappa shape index (κ1) is 19.6. The molecule has 0 unspecified atom stereocenters. The van der Waals surface area contributed by atoms with Crippen LogP contribution in [-0.4, -0.2) is 26.5 Å². The number of nitrogens with one attached hydrogen (secondary N) is 1. The molecule has 1 aliphatic rings. The van der Waals surface area contributed by atoms with Gasteiger partial charge in [0.15, 0.2) is 17.0 Å². The summed E-state index contributed by atoms with van der Waals surface area (Å²) in [4.78, 5) is 16.7. The smallest absolute Gasteiger partial charge is 0.348 e. The molecular formula is C19H15ClF4N4O. The number of benzene rings is 1. The van der Waals surface area contributed by atoms with Gasteiger partial charge in [-0.3, -0.25) is 4.79 Å². The van der Waals surface area contributed by atoms with Crippen LogP contribution in [0.1, 0.15) is 41.9 Å². The second kappa shape index (κ2) is 7.29. The first-order chi connectivity index (χ1) is 13.7. The fraction of sp³-hybridized carbons (Fsp3) is 0.316. The van der Waals surface area contributed by atoms with Crippen LogP contribution >= 0.6 is 11.6 Å². The maximum Gasteiger partial charge on any atom is 0.433 e. The van der Waals surface area contributed by atoms with Gasteiger partial charge in [0.25, 0.3) is 5.91 Å². The number of alkyl halides is 3. The number of carbonyl (C=O) groups is 1. The Bertz CT molecular complexity index is 1070. The van der Waals surface area contributed by atoms with Crippen LogP contribution in [0.2, 0.25) is 5.02 Å². The zero-order valence-electron chi connectivity index (χ0n) is 14.9. The third-order valence-electron chi connectivity index (χ3n) is 4.87. The molecule has 1 fully saturated rings. The second-order valence-electron chi connectivity index (χ2n) is 6.88. The summed E-state index contributed by atoms with van der Waals surface area (Å²) in [6.45, 7) is 0. The number of hydrogen-bond donors (Lipinski definition) is 1. The minimum atomic E-state index is -4.77. The van der Waals surface area contributed by atoms with Crippen molar-refractivity contribution in [3.05, 3.63) is 52.6 Å². The van der Waals surface area contributed by atoms with Gasteiger partial charge in [-0.1, -0.05) is 24.4 Å². The van der Waals surface area contributed by atoms with Crippen molar-refractivity contribution in [1.82, 2.24) is 19.9 Å². The van der Waals surface area contributed by atoms with E-state index in [1.165, 1.54) is 12.1 Å². The van der Waals surface area contributed by atoms with Crippen molar-refractivity contribution in [3.8, 4) is 11.3 Å². The third kappa shape index (κ3) is 3.78. The van der Waals surface area contributed by atoms with E-state index in [0.717, 1.165) is 43.9 Å². The minimum Gasteiger partial charge on any atom is -0.348 e. The van der Waals surface area contributed by atoms with Gasteiger partial charge in [0.05, 0.1) is 5.69 Å². The van der Waals surface area contributed by atoms with Gasteiger partial charge >= 0.3 is 6.18 Å². The molecule has 3 aromatic rings. The maximum absolute atomic E-state index is 13.7. The van der Waals surface area contributed by atoms with Crippen molar-refractivity contribution in [2.75, 3.05) is 0 Å². The van der Waals surface area contributed by atoms with E-state index in [2.05, 4.69) is 15.4 Å². The predicted molar refractivity (Wildman–Crippen MR) is 98.1 cm³/mol. The fourth-order valence-electron chi connectivity index (χ4n) is 3.43. The molecule has 1 saturated carbocycles. The lowest BCUT2D eigenvalue weighted by molar-refractivity contribution is -0.142. The van der Waals surface area contributed by atoms with E-state index in [9.17, 15) is 22.4 Å². The maximum atomic E-state index is 13.7. The van der Waals surface area contributed by atoms with Crippen LogP contribution in [0.25, 0.3) is 16.9 Å². The first-order valence-electron chi connectivity index (χ1n) is 8.97. The summed E-state index contributed by atoms with van der Waals surface area (Å²) in [5.41, 5.74) is -1.53. The van der Waals surface area contributed by atoms with Crippen LogP contribution in [0.5, 0.6) is 0 Å². The van der Waals surface area contributed by atoms with Gasteiger partial charge in [-0.25, -0.2) is 13.9 Å². The molecule has 0 atom stereocenters. The van der Waals surface area contributed by atoms with Crippen molar-refractivity contribution < 1.29 is 22.4 Å². The number of carbonyl (C=O) groups excluding carboxylic acids is 1. The highest BCUT2D eigenvalue weighted by atomic mass is 35.5. The first-order valence-corrected chi connectivity index (χ1v) is 9.35. The molecular weight excluding hydrogens is 412 g/mol. The lowest BCUT2D eigenvalue weighted by atomic mass is 10.1. The number of nitrogens with zero attached hydrogens (tertiary/aromatic N) is 3. The molecule has 2 aromatic heterocycles. The Morgan fingerprint density at radius 1 is 1.17 bits per heavy atom. The van der Waals surface area contributed by atoms with E-state index in [1.54, 1.807) is 0 Å². The zero-order valence-corrected chi connectivity index (χ0v) is 15.7. The number of amides is 1. The molecule has 29 heavy (non-hydrogen) atoms. The van der Waals surface area contributed by atoms with Crippen molar-refractivity contribution in [2.45, 2.75) is 37.9 Å². The quantitative estimate of drug-likeness (QED) is 0.607. The Hall–Kier alpha value is -2.68. The van der Waals surface area contributed by atoms with E-state index in [4.69, 9.17) is 11.6 Å². The Labute approximate surface area is 167 Å². The molecule has 0 bridgehead atoms. The highest BCUT2D eigenvalue weighted by Crippen LogP contribution is 2.34. The minimum absolute atomic E-state index is 0.0480. The van der Waals surface area contributed by atoms with Crippen LogP contribution < -0.4 is 5.32 Å². The Morgan fingerprint density at radius 2 is 1.83 bits per heavy atom. The van der Waals surface area contributed by atoms with Crippen molar-refractivity contribution in [2.24, 2.45) is 0 Å².